The zero-order valence-electron chi connectivity index (χ0n) is 16.6. The molecule has 0 atom stereocenters. The fraction of sp³-hybridized carbons (Fsp3) is 0.304. The summed E-state index contributed by atoms with van der Waals surface area (Å²) in [7, 11) is 1.83. The highest BCUT2D eigenvalue weighted by atomic mass is 16.7. The second-order valence-corrected chi connectivity index (χ2v) is 7.22. The fourth-order valence-corrected chi connectivity index (χ4v) is 3.49. The Morgan fingerprint density at radius 1 is 1.07 bits per heavy atom. The summed E-state index contributed by atoms with van der Waals surface area (Å²) in [6.45, 7) is 0.879. The van der Waals surface area contributed by atoms with Gasteiger partial charge in [0.1, 0.15) is 0 Å². The van der Waals surface area contributed by atoms with E-state index in [2.05, 4.69) is 28.4 Å². The van der Waals surface area contributed by atoms with Crippen molar-refractivity contribution in [1.82, 2.24) is 15.1 Å². The lowest BCUT2D eigenvalue weighted by Crippen LogP contribution is -2.28. The minimum absolute atomic E-state index is 0.0339. The zero-order chi connectivity index (χ0) is 20.1. The highest BCUT2D eigenvalue weighted by molar-refractivity contribution is 5.97. The van der Waals surface area contributed by atoms with Crippen molar-refractivity contribution in [3.05, 3.63) is 65.9 Å². The van der Waals surface area contributed by atoms with Gasteiger partial charge in [-0.05, 0) is 37.5 Å². The number of amides is 1. The minimum atomic E-state index is -0.0339. The van der Waals surface area contributed by atoms with Gasteiger partial charge in [-0.1, -0.05) is 42.8 Å². The van der Waals surface area contributed by atoms with Gasteiger partial charge in [0.05, 0.1) is 11.3 Å². The maximum Gasteiger partial charge on any atom is 0.257 e. The van der Waals surface area contributed by atoms with Crippen molar-refractivity contribution in [2.45, 2.75) is 25.7 Å². The van der Waals surface area contributed by atoms with Crippen molar-refractivity contribution in [3.8, 4) is 22.8 Å². The maximum absolute atomic E-state index is 12.7. The monoisotopic (exact) mass is 391 g/mol. The van der Waals surface area contributed by atoms with Crippen molar-refractivity contribution < 1.29 is 14.3 Å². The number of fused-ring (bicyclic) bond motifs is 1. The third kappa shape index (κ3) is 4.42. The minimum Gasteiger partial charge on any atom is -0.454 e. The summed E-state index contributed by atoms with van der Waals surface area (Å²) < 4.78 is 10.8. The molecule has 4 rings (SSSR count). The lowest BCUT2D eigenvalue weighted by atomic mass is 10.1. The predicted molar refractivity (Wildman–Crippen MR) is 111 cm³/mol. The summed E-state index contributed by atoms with van der Waals surface area (Å²) in [5.41, 5.74) is 3.81. The standard InChI is InChI=1S/C23H25N3O3/c1-26(23(27)19-12-8-13-21-22(19)29-16-28-21)14-7-3-6-11-18-15-20(25-24-18)17-9-4-2-5-10-17/h2,4-5,8-10,12-13,15H,3,6-7,11,14,16H2,1H3,(H,24,25). The van der Waals surface area contributed by atoms with Crippen molar-refractivity contribution >= 4 is 5.91 Å². The Hall–Kier alpha value is -3.28. The molecule has 0 saturated heterocycles. The predicted octanol–water partition coefficient (Wildman–Crippen LogP) is 4.29. The van der Waals surface area contributed by atoms with E-state index in [0.717, 1.165) is 42.6 Å². The summed E-state index contributed by atoms with van der Waals surface area (Å²) in [6, 6.07) is 17.7. The number of hydrogen-bond donors (Lipinski definition) is 1. The molecule has 0 radical (unpaired) electrons. The maximum atomic E-state index is 12.7. The van der Waals surface area contributed by atoms with Crippen LogP contribution in [0.2, 0.25) is 0 Å². The molecular formula is C23H25N3O3. The molecule has 6 nitrogen and oxygen atoms in total. The quantitative estimate of drug-likeness (QED) is 0.582. The van der Waals surface area contributed by atoms with Crippen LogP contribution in [0.4, 0.5) is 0 Å². The van der Waals surface area contributed by atoms with Gasteiger partial charge in [-0.25, -0.2) is 0 Å². The van der Waals surface area contributed by atoms with Crippen LogP contribution in [0.3, 0.4) is 0 Å². The Labute approximate surface area is 170 Å². The van der Waals surface area contributed by atoms with Crippen molar-refractivity contribution in [2.75, 3.05) is 20.4 Å². The number of ether oxygens (including phenoxy) is 2. The lowest BCUT2D eigenvalue weighted by Gasteiger charge is -2.18. The number of benzene rings is 2. The van der Waals surface area contributed by atoms with Crippen molar-refractivity contribution in [3.63, 3.8) is 0 Å². The Morgan fingerprint density at radius 3 is 2.79 bits per heavy atom. The molecule has 3 aromatic rings. The summed E-state index contributed by atoms with van der Waals surface area (Å²) in [6.07, 6.45) is 4.00. The molecule has 1 amide bonds. The molecule has 0 fully saturated rings. The Kier molecular flexibility index (Phi) is 5.79. The number of carbonyl (C=O) groups excluding carboxylic acids is 1. The second kappa shape index (κ2) is 8.82. The third-order valence-electron chi connectivity index (χ3n) is 5.11. The first-order valence-electron chi connectivity index (χ1n) is 9.96. The van der Waals surface area contributed by atoms with Gasteiger partial charge < -0.3 is 14.4 Å². The zero-order valence-corrected chi connectivity index (χ0v) is 16.6. The van der Waals surface area contributed by atoms with Gasteiger partial charge in [-0.15, -0.1) is 0 Å². The molecule has 29 heavy (non-hydrogen) atoms. The number of nitrogens with one attached hydrogen (secondary N) is 1. The molecular weight excluding hydrogens is 366 g/mol. The highest BCUT2D eigenvalue weighted by Gasteiger charge is 2.23. The molecule has 0 bridgehead atoms. The van der Waals surface area contributed by atoms with Gasteiger partial charge >= 0.3 is 0 Å². The number of rotatable bonds is 8. The van der Waals surface area contributed by atoms with Gasteiger partial charge in [-0.2, -0.15) is 5.10 Å². The van der Waals surface area contributed by atoms with Gasteiger partial charge in [0.15, 0.2) is 11.5 Å². The second-order valence-electron chi connectivity index (χ2n) is 7.22. The van der Waals surface area contributed by atoms with Crippen LogP contribution >= 0.6 is 0 Å². The molecule has 6 heteroatoms. The number of nitrogens with zero attached hydrogens (tertiary/aromatic N) is 2. The van der Waals surface area contributed by atoms with Crippen LogP contribution in [-0.4, -0.2) is 41.4 Å². The summed E-state index contributed by atoms with van der Waals surface area (Å²) >= 11 is 0. The topological polar surface area (TPSA) is 67.5 Å². The number of aromatic amines is 1. The van der Waals surface area contributed by atoms with Crippen LogP contribution in [0.5, 0.6) is 11.5 Å². The van der Waals surface area contributed by atoms with Gasteiger partial charge in [-0.3, -0.25) is 9.89 Å². The number of para-hydroxylation sites is 1. The van der Waals surface area contributed by atoms with Crippen LogP contribution in [0.1, 0.15) is 35.3 Å². The van der Waals surface area contributed by atoms with E-state index in [4.69, 9.17) is 9.47 Å². The average molecular weight is 391 g/mol. The molecule has 0 aliphatic carbocycles. The number of aromatic nitrogens is 2. The number of hydrogen-bond acceptors (Lipinski definition) is 4. The van der Waals surface area contributed by atoms with Gasteiger partial charge in [0.2, 0.25) is 6.79 Å². The van der Waals surface area contributed by atoms with Crippen LogP contribution in [0.25, 0.3) is 11.3 Å². The Balaban J connectivity index is 1.21. The SMILES string of the molecule is CN(CCCCCc1cc(-c2ccccc2)n[nH]1)C(=O)c1cccc2c1OCO2. The molecule has 0 unspecified atom stereocenters. The van der Waals surface area contributed by atoms with E-state index in [9.17, 15) is 4.79 Å². The van der Waals surface area contributed by atoms with Gasteiger partial charge in [0.25, 0.3) is 5.91 Å². The van der Waals surface area contributed by atoms with E-state index in [1.807, 2.05) is 37.4 Å². The Morgan fingerprint density at radius 2 is 1.93 bits per heavy atom. The fourth-order valence-electron chi connectivity index (χ4n) is 3.49. The molecule has 0 saturated carbocycles. The number of unbranched alkanes of at least 4 members (excludes halogenated alkanes) is 2. The summed E-state index contributed by atoms with van der Waals surface area (Å²) in [4.78, 5) is 14.5. The van der Waals surface area contributed by atoms with Crippen LogP contribution in [0, 0.1) is 0 Å². The molecule has 1 aromatic heterocycles. The van der Waals surface area contributed by atoms with Crippen LogP contribution in [0.15, 0.2) is 54.6 Å². The van der Waals surface area contributed by atoms with Crippen molar-refractivity contribution in [2.24, 2.45) is 0 Å². The van der Waals surface area contributed by atoms with Gasteiger partial charge in [0, 0.05) is 24.8 Å². The van der Waals surface area contributed by atoms with E-state index >= 15 is 0 Å². The number of carbonyl (C=O) groups is 1. The molecule has 2 aromatic carbocycles. The first-order valence-corrected chi connectivity index (χ1v) is 9.96. The van der Waals surface area contributed by atoms with Crippen LogP contribution < -0.4 is 9.47 Å². The van der Waals surface area contributed by atoms with E-state index in [1.165, 1.54) is 0 Å². The molecule has 1 N–H and O–H groups in total. The first-order chi connectivity index (χ1) is 14.2. The van der Waals surface area contributed by atoms with E-state index in [0.29, 0.717) is 23.6 Å². The summed E-state index contributed by atoms with van der Waals surface area (Å²) in [5, 5.41) is 7.53. The number of aryl methyl sites for hydroxylation is 1. The Bertz CT molecular complexity index is 969. The van der Waals surface area contributed by atoms with E-state index in [1.54, 1.807) is 11.0 Å². The molecule has 0 spiro atoms. The van der Waals surface area contributed by atoms with Crippen molar-refractivity contribution in [1.29, 1.82) is 0 Å². The molecule has 1 aliphatic rings. The largest absolute Gasteiger partial charge is 0.454 e. The summed E-state index contributed by atoms with van der Waals surface area (Å²) in [5.74, 6) is 1.16. The molecule has 2 heterocycles. The lowest BCUT2D eigenvalue weighted by molar-refractivity contribution is 0.0788. The number of H-pyrrole nitrogens is 1. The normalized spacial score (nSPS) is 12.2. The highest BCUT2D eigenvalue weighted by Crippen LogP contribution is 2.35. The van der Waals surface area contributed by atoms with E-state index < -0.39 is 0 Å². The van der Waals surface area contributed by atoms with Crippen LogP contribution in [-0.2, 0) is 6.42 Å². The third-order valence-corrected chi connectivity index (χ3v) is 5.11. The average Bonchev–Trinajstić information content (AvgIpc) is 3.43. The molecule has 150 valence electrons. The first kappa shape index (κ1) is 19.1. The smallest absolute Gasteiger partial charge is 0.257 e. The van der Waals surface area contributed by atoms with E-state index in [-0.39, 0.29) is 12.7 Å². The molecule has 1 aliphatic heterocycles.